The van der Waals surface area contributed by atoms with Crippen LogP contribution in [0.3, 0.4) is 0 Å². The molecule has 0 fully saturated rings. The summed E-state index contributed by atoms with van der Waals surface area (Å²) in [4.78, 5) is 11.5. The van der Waals surface area contributed by atoms with E-state index in [-0.39, 0.29) is 11.6 Å². The SMILES string of the molecule is Cn1c(SCC(=O)O)nnc1-c1cc2ccc(F)cc2s1. The number of aliphatic carboxylic acids is 1. The summed E-state index contributed by atoms with van der Waals surface area (Å²) in [7, 11) is 1.78. The molecule has 0 amide bonds. The van der Waals surface area contributed by atoms with Crippen LogP contribution in [0.2, 0.25) is 0 Å². The highest BCUT2D eigenvalue weighted by molar-refractivity contribution is 7.99. The van der Waals surface area contributed by atoms with Crippen LogP contribution in [0.25, 0.3) is 20.8 Å². The Bertz CT molecular complexity index is 828. The Balaban J connectivity index is 1.97. The molecule has 1 N–H and O–H groups in total. The van der Waals surface area contributed by atoms with Gasteiger partial charge in [-0.3, -0.25) is 4.79 Å². The van der Waals surface area contributed by atoms with Gasteiger partial charge in [-0.1, -0.05) is 17.8 Å². The summed E-state index contributed by atoms with van der Waals surface area (Å²) in [6, 6.07) is 6.56. The molecule has 0 unspecified atom stereocenters. The van der Waals surface area contributed by atoms with Gasteiger partial charge in [-0.2, -0.15) is 0 Å². The number of carboxylic acid groups (broad SMARTS) is 1. The lowest BCUT2D eigenvalue weighted by atomic mass is 10.2. The number of carbonyl (C=O) groups is 1. The Labute approximate surface area is 127 Å². The summed E-state index contributed by atoms with van der Waals surface area (Å²) in [5.74, 6) is -0.596. The number of hydrogen-bond acceptors (Lipinski definition) is 5. The summed E-state index contributed by atoms with van der Waals surface area (Å²) >= 11 is 2.54. The van der Waals surface area contributed by atoms with Crippen molar-refractivity contribution in [3.8, 4) is 10.7 Å². The Morgan fingerprint density at radius 1 is 1.43 bits per heavy atom. The van der Waals surface area contributed by atoms with Gasteiger partial charge in [0.15, 0.2) is 11.0 Å². The molecular weight excluding hydrogens is 313 g/mol. The maximum atomic E-state index is 13.2. The number of aromatic nitrogens is 3. The molecule has 5 nitrogen and oxygen atoms in total. The summed E-state index contributed by atoms with van der Waals surface area (Å²) in [6.07, 6.45) is 0. The quantitative estimate of drug-likeness (QED) is 0.748. The number of benzene rings is 1. The summed E-state index contributed by atoms with van der Waals surface area (Å²) in [5, 5.41) is 18.3. The zero-order chi connectivity index (χ0) is 15.0. The third-order valence-corrected chi connectivity index (χ3v) is 4.96. The molecule has 0 bridgehead atoms. The lowest BCUT2D eigenvalue weighted by molar-refractivity contribution is -0.133. The Hall–Kier alpha value is -1.93. The van der Waals surface area contributed by atoms with E-state index in [0.717, 1.165) is 26.7 Å². The smallest absolute Gasteiger partial charge is 0.313 e. The maximum absolute atomic E-state index is 13.2. The molecule has 2 heterocycles. The Kier molecular flexibility index (Phi) is 3.64. The lowest BCUT2D eigenvalue weighted by Crippen LogP contribution is -2.00. The summed E-state index contributed by atoms with van der Waals surface area (Å²) in [5.41, 5.74) is 0. The predicted molar refractivity (Wildman–Crippen MR) is 80.1 cm³/mol. The molecule has 21 heavy (non-hydrogen) atoms. The van der Waals surface area contributed by atoms with Gasteiger partial charge in [0.25, 0.3) is 0 Å². The fourth-order valence-electron chi connectivity index (χ4n) is 1.90. The van der Waals surface area contributed by atoms with Gasteiger partial charge >= 0.3 is 5.97 Å². The monoisotopic (exact) mass is 323 g/mol. The minimum absolute atomic E-state index is 0.0659. The molecule has 1 aromatic carbocycles. The van der Waals surface area contributed by atoms with Crippen LogP contribution in [0.15, 0.2) is 29.4 Å². The first kappa shape index (κ1) is 14.0. The maximum Gasteiger partial charge on any atom is 0.313 e. The van der Waals surface area contributed by atoms with Crippen molar-refractivity contribution in [3.63, 3.8) is 0 Å². The first-order valence-corrected chi connectivity index (χ1v) is 7.78. The molecule has 2 aromatic heterocycles. The molecule has 8 heteroatoms. The number of thioether (sulfide) groups is 1. The molecule has 108 valence electrons. The highest BCUT2D eigenvalue weighted by Crippen LogP contribution is 2.33. The minimum atomic E-state index is -0.901. The van der Waals surface area contributed by atoms with Crippen molar-refractivity contribution in [2.24, 2.45) is 7.05 Å². The Morgan fingerprint density at radius 2 is 2.24 bits per heavy atom. The third kappa shape index (κ3) is 2.77. The Morgan fingerprint density at radius 3 is 3.00 bits per heavy atom. The lowest BCUT2D eigenvalue weighted by Gasteiger charge is -2.00. The van der Waals surface area contributed by atoms with Crippen LogP contribution >= 0.6 is 23.1 Å². The zero-order valence-corrected chi connectivity index (χ0v) is 12.5. The standard InChI is InChI=1S/C13H10FN3O2S2/c1-17-12(15-16-13(17)20-6-11(18)19)10-4-7-2-3-8(14)5-9(7)21-10/h2-5H,6H2,1H3,(H,18,19). The van der Waals surface area contributed by atoms with Crippen LogP contribution in [0, 0.1) is 5.82 Å². The molecule has 0 saturated heterocycles. The third-order valence-electron chi connectivity index (χ3n) is 2.86. The number of thiophene rings is 1. The van der Waals surface area contributed by atoms with Crippen molar-refractivity contribution in [2.75, 3.05) is 5.75 Å². The molecule has 3 rings (SSSR count). The summed E-state index contributed by atoms with van der Waals surface area (Å²) in [6.45, 7) is 0. The molecule has 0 aliphatic rings. The van der Waals surface area contributed by atoms with Crippen molar-refractivity contribution < 1.29 is 14.3 Å². The fourth-order valence-corrected chi connectivity index (χ4v) is 3.64. The fraction of sp³-hybridized carbons (Fsp3) is 0.154. The van der Waals surface area contributed by atoms with Gasteiger partial charge in [0.2, 0.25) is 0 Å². The molecule has 0 atom stereocenters. The molecule has 0 saturated carbocycles. The molecule has 0 aliphatic heterocycles. The van der Waals surface area contributed by atoms with Crippen molar-refractivity contribution >= 4 is 39.2 Å². The molecular formula is C13H10FN3O2S2. The van der Waals surface area contributed by atoms with Crippen LogP contribution in [0.4, 0.5) is 4.39 Å². The topological polar surface area (TPSA) is 68.0 Å². The minimum Gasteiger partial charge on any atom is -0.481 e. The average molecular weight is 323 g/mol. The molecule has 3 aromatic rings. The predicted octanol–water partition coefficient (Wildman–Crippen LogP) is 3.01. The molecule has 0 radical (unpaired) electrons. The zero-order valence-electron chi connectivity index (χ0n) is 10.9. The van der Waals surface area contributed by atoms with Gasteiger partial charge in [0, 0.05) is 11.7 Å². The van der Waals surface area contributed by atoms with Gasteiger partial charge in [0.05, 0.1) is 10.6 Å². The number of hydrogen-bond donors (Lipinski definition) is 1. The first-order chi connectivity index (χ1) is 10.0. The van der Waals surface area contributed by atoms with Crippen LogP contribution in [-0.4, -0.2) is 31.6 Å². The molecule has 0 aliphatic carbocycles. The van der Waals surface area contributed by atoms with E-state index in [1.807, 2.05) is 6.07 Å². The number of halogens is 1. The van der Waals surface area contributed by atoms with Gasteiger partial charge < -0.3 is 9.67 Å². The van der Waals surface area contributed by atoms with Gasteiger partial charge in [-0.15, -0.1) is 21.5 Å². The molecule has 0 spiro atoms. The second-order valence-corrected chi connectivity index (χ2v) is 6.37. The van der Waals surface area contributed by atoms with Crippen LogP contribution in [-0.2, 0) is 11.8 Å². The number of nitrogens with zero attached hydrogens (tertiary/aromatic N) is 3. The van der Waals surface area contributed by atoms with E-state index >= 15 is 0 Å². The van der Waals surface area contributed by atoms with E-state index in [2.05, 4.69) is 10.2 Å². The summed E-state index contributed by atoms with van der Waals surface area (Å²) < 4.78 is 15.8. The van der Waals surface area contributed by atoms with Crippen LogP contribution in [0.5, 0.6) is 0 Å². The first-order valence-electron chi connectivity index (χ1n) is 5.98. The van der Waals surface area contributed by atoms with E-state index in [0.29, 0.717) is 11.0 Å². The number of carboxylic acids is 1. The highest BCUT2D eigenvalue weighted by atomic mass is 32.2. The van der Waals surface area contributed by atoms with E-state index in [4.69, 9.17) is 5.11 Å². The van der Waals surface area contributed by atoms with Crippen molar-refractivity contribution in [1.82, 2.24) is 14.8 Å². The van der Waals surface area contributed by atoms with Gasteiger partial charge in [-0.25, -0.2) is 4.39 Å². The number of fused-ring (bicyclic) bond motifs is 1. The average Bonchev–Trinajstić information content (AvgIpc) is 2.99. The van der Waals surface area contributed by atoms with Crippen molar-refractivity contribution in [1.29, 1.82) is 0 Å². The second-order valence-electron chi connectivity index (χ2n) is 4.34. The van der Waals surface area contributed by atoms with Gasteiger partial charge in [-0.05, 0) is 23.6 Å². The van der Waals surface area contributed by atoms with Crippen molar-refractivity contribution in [3.05, 3.63) is 30.1 Å². The van der Waals surface area contributed by atoms with E-state index in [9.17, 15) is 9.18 Å². The van der Waals surface area contributed by atoms with Crippen molar-refractivity contribution in [2.45, 2.75) is 5.16 Å². The van der Waals surface area contributed by atoms with E-state index in [1.54, 1.807) is 17.7 Å². The van der Waals surface area contributed by atoms with Crippen LogP contribution in [0.1, 0.15) is 0 Å². The largest absolute Gasteiger partial charge is 0.481 e. The normalized spacial score (nSPS) is 11.1. The highest BCUT2D eigenvalue weighted by Gasteiger charge is 2.15. The van der Waals surface area contributed by atoms with Gasteiger partial charge in [0.1, 0.15) is 5.82 Å². The van der Waals surface area contributed by atoms with E-state index < -0.39 is 5.97 Å². The number of rotatable bonds is 4. The van der Waals surface area contributed by atoms with E-state index in [1.165, 1.54) is 23.5 Å². The second kappa shape index (κ2) is 5.45. The van der Waals surface area contributed by atoms with Crippen LogP contribution < -0.4 is 0 Å².